The fourth-order valence-electron chi connectivity index (χ4n) is 7.94. The van der Waals surface area contributed by atoms with Crippen molar-refractivity contribution in [2.24, 2.45) is 41.4 Å². The third-order valence-electron chi connectivity index (χ3n) is 8.87. The van der Waals surface area contributed by atoms with Gasteiger partial charge in [0.05, 0.1) is 11.8 Å². The minimum absolute atomic E-state index is 0.0589. The molecule has 0 saturated heterocycles. The molecular formula is C22H30F2O7S. The van der Waals surface area contributed by atoms with Crippen LogP contribution >= 0.6 is 0 Å². The van der Waals surface area contributed by atoms with Crippen molar-refractivity contribution in [1.82, 2.24) is 0 Å². The molecule has 0 aromatic rings. The fraction of sp³-hybridized carbons (Fsp3) is 0.909. The SMILES string of the molecule is CC(OC(=O)C1C2CCC(C2)C1C(=O)OC12CC3CC(CC(C3)C1)C2)C(F)(F)S(=O)(=O)O. The van der Waals surface area contributed by atoms with Gasteiger partial charge in [-0.05, 0) is 94.3 Å². The maximum Gasteiger partial charge on any atom is 0.405 e. The quantitative estimate of drug-likeness (QED) is 0.461. The lowest BCUT2D eigenvalue weighted by Gasteiger charge is -2.56. The zero-order valence-corrected chi connectivity index (χ0v) is 18.9. The summed E-state index contributed by atoms with van der Waals surface area (Å²) < 4.78 is 69.5. The van der Waals surface area contributed by atoms with Crippen LogP contribution in [0.15, 0.2) is 0 Å². The Kier molecular flexibility index (Phi) is 5.17. The van der Waals surface area contributed by atoms with Crippen molar-refractivity contribution >= 4 is 22.1 Å². The summed E-state index contributed by atoms with van der Waals surface area (Å²) in [5.74, 6) is -1.61. The van der Waals surface area contributed by atoms with Gasteiger partial charge < -0.3 is 9.47 Å². The van der Waals surface area contributed by atoms with E-state index in [2.05, 4.69) is 0 Å². The van der Waals surface area contributed by atoms with E-state index in [0.29, 0.717) is 30.6 Å². The number of esters is 2. The fourth-order valence-corrected chi connectivity index (χ4v) is 8.41. The molecule has 6 bridgehead atoms. The summed E-state index contributed by atoms with van der Waals surface area (Å²) in [5, 5.41) is -4.63. The zero-order chi connectivity index (χ0) is 23.1. The molecule has 0 heterocycles. The summed E-state index contributed by atoms with van der Waals surface area (Å²) in [6, 6.07) is 0. The number of rotatable bonds is 6. The molecular weight excluding hydrogens is 446 g/mol. The third-order valence-corrected chi connectivity index (χ3v) is 9.89. The number of fused-ring (bicyclic) bond motifs is 2. The van der Waals surface area contributed by atoms with Gasteiger partial charge in [0.2, 0.25) is 0 Å². The van der Waals surface area contributed by atoms with Gasteiger partial charge in [-0.15, -0.1) is 0 Å². The Morgan fingerprint density at radius 2 is 1.41 bits per heavy atom. The molecule has 6 aliphatic carbocycles. The molecule has 10 heteroatoms. The number of ether oxygens (including phenoxy) is 2. The summed E-state index contributed by atoms with van der Waals surface area (Å²) >= 11 is 0. The highest BCUT2D eigenvalue weighted by Crippen LogP contribution is 2.59. The standard InChI is InChI=1S/C22H30F2O7S/c1-11(22(23,24)32(27,28)29)30-19(25)17-15-2-3-16(7-15)18(17)20(26)31-21-8-12-4-13(9-21)6-14(5-12)10-21/h11-18H,2-10H2,1H3,(H,27,28,29). The van der Waals surface area contributed by atoms with Crippen LogP contribution in [0, 0.1) is 41.4 Å². The maximum atomic E-state index is 13.9. The molecule has 6 aliphatic rings. The van der Waals surface area contributed by atoms with Crippen LogP contribution in [0.5, 0.6) is 0 Å². The predicted molar refractivity (Wildman–Crippen MR) is 107 cm³/mol. The summed E-state index contributed by atoms with van der Waals surface area (Å²) in [4.78, 5) is 26.2. The lowest BCUT2D eigenvalue weighted by Crippen LogP contribution is -2.54. The molecule has 180 valence electrons. The second-order valence-electron chi connectivity index (χ2n) is 11.0. The topological polar surface area (TPSA) is 107 Å². The van der Waals surface area contributed by atoms with E-state index in [1.165, 1.54) is 19.3 Å². The molecule has 1 N–H and O–H groups in total. The molecule has 6 fully saturated rings. The summed E-state index contributed by atoms with van der Waals surface area (Å²) in [5.41, 5.74) is -0.465. The van der Waals surface area contributed by atoms with Crippen LogP contribution in [0.2, 0.25) is 0 Å². The third kappa shape index (κ3) is 3.56. The Bertz CT molecular complexity index is 882. The lowest BCUT2D eigenvalue weighted by molar-refractivity contribution is -0.197. The molecule has 32 heavy (non-hydrogen) atoms. The first-order valence-corrected chi connectivity index (χ1v) is 13.1. The molecule has 0 aliphatic heterocycles. The highest BCUT2D eigenvalue weighted by Gasteiger charge is 2.60. The minimum Gasteiger partial charge on any atom is -0.459 e. The lowest BCUT2D eigenvalue weighted by atomic mass is 9.54. The minimum atomic E-state index is -5.74. The number of carbonyl (C=O) groups excluding carboxylic acids is 2. The van der Waals surface area contributed by atoms with E-state index in [1.54, 1.807) is 0 Å². The molecule has 5 unspecified atom stereocenters. The zero-order valence-electron chi connectivity index (χ0n) is 18.0. The number of hydrogen-bond donors (Lipinski definition) is 1. The van der Waals surface area contributed by atoms with Crippen LogP contribution < -0.4 is 0 Å². The number of halogens is 2. The average Bonchev–Trinajstić information content (AvgIpc) is 3.26. The van der Waals surface area contributed by atoms with Gasteiger partial charge in [-0.1, -0.05) is 0 Å². The van der Waals surface area contributed by atoms with Crippen LogP contribution in [0.3, 0.4) is 0 Å². The highest BCUT2D eigenvalue weighted by molar-refractivity contribution is 7.86. The molecule has 0 radical (unpaired) electrons. The normalized spacial score (nSPS) is 43.3. The maximum absolute atomic E-state index is 13.9. The molecule has 0 aromatic carbocycles. The summed E-state index contributed by atoms with van der Waals surface area (Å²) in [6.07, 6.45) is 5.88. The molecule has 7 nitrogen and oxygen atoms in total. The van der Waals surface area contributed by atoms with Crippen molar-refractivity contribution in [3.05, 3.63) is 0 Å². The molecule has 6 saturated carbocycles. The van der Waals surface area contributed by atoms with Crippen molar-refractivity contribution < 1.29 is 40.8 Å². The van der Waals surface area contributed by atoms with Crippen molar-refractivity contribution in [1.29, 1.82) is 0 Å². The van der Waals surface area contributed by atoms with Gasteiger partial charge in [0.15, 0.2) is 6.10 Å². The number of hydrogen-bond acceptors (Lipinski definition) is 6. The van der Waals surface area contributed by atoms with Gasteiger partial charge in [-0.2, -0.15) is 17.2 Å². The molecule has 5 atom stereocenters. The van der Waals surface area contributed by atoms with Crippen LogP contribution in [0.25, 0.3) is 0 Å². The van der Waals surface area contributed by atoms with Gasteiger partial charge in [0.25, 0.3) is 0 Å². The second-order valence-corrected chi connectivity index (χ2v) is 12.5. The number of alkyl halides is 2. The number of carbonyl (C=O) groups is 2. The van der Waals surface area contributed by atoms with E-state index < -0.39 is 50.9 Å². The van der Waals surface area contributed by atoms with Gasteiger partial charge in [0, 0.05) is 0 Å². The van der Waals surface area contributed by atoms with Crippen molar-refractivity contribution in [3.63, 3.8) is 0 Å². The molecule has 0 aromatic heterocycles. The van der Waals surface area contributed by atoms with Gasteiger partial charge in [0.1, 0.15) is 5.60 Å². The van der Waals surface area contributed by atoms with Gasteiger partial charge in [-0.25, -0.2) is 0 Å². The Hall–Kier alpha value is -1.29. The highest BCUT2D eigenvalue weighted by atomic mass is 32.2. The van der Waals surface area contributed by atoms with E-state index in [4.69, 9.17) is 14.0 Å². The largest absolute Gasteiger partial charge is 0.459 e. The first-order chi connectivity index (χ1) is 14.9. The first kappa shape index (κ1) is 22.5. The van der Waals surface area contributed by atoms with Crippen LogP contribution in [-0.2, 0) is 29.2 Å². The van der Waals surface area contributed by atoms with E-state index >= 15 is 0 Å². The smallest absolute Gasteiger partial charge is 0.405 e. The van der Waals surface area contributed by atoms with Crippen molar-refractivity contribution in [2.45, 2.75) is 81.7 Å². The van der Waals surface area contributed by atoms with E-state index in [0.717, 1.165) is 32.6 Å². The predicted octanol–water partition coefficient (Wildman–Crippen LogP) is 3.57. The van der Waals surface area contributed by atoms with Crippen LogP contribution in [0.4, 0.5) is 8.78 Å². The van der Waals surface area contributed by atoms with E-state index in [9.17, 15) is 26.8 Å². The molecule has 0 spiro atoms. The van der Waals surface area contributed by atoms with Gasteiger partial charge >= 0.3 is 27.3 Å². The summed E-state index contributed by atoms with van der Waals surface area (Å²) in [6.45, 7) is 0.724. The second kappa shape index (κ2) is 7.35. The van der Waals surface area contributed by atoms with Gasteiger partial charge in [-0.3, -0.25) is 14.1 Å². The van der Waals surface area contributed by atoms with E-state index in [-0.39, 0.29) is 11.8 Å². The molecule has 6 rings (SSSR count). The molecule has 0 amide bonds. The Morgan fingerprint density at radius 3 is 1.88 bits per heavy atom. The Labute approximate surface area is 186 Å². The van der Waals surface area contributed by atoms with Crippen molar-refractivity contribution in [2.75, 3.05) is 0 Å². The Morgan fingerprint density at radius 1 is 0.938 bits per heavy atom. The van der Waals surface area contributed by atoms with Crippen LogP contribution in [-0.4, -0.2) is 41.9 Å². The van der Waals surface area contributed by atoms with E-state index in [1.807, 2.05) is 0 Å². The summed E-state index contributed by atoms with van der Waals surface area (Å²) in [7, 11) is -5.74. The Balaban J connectivity index is 1.31. The van der Waals surface area contributed by atoms with Crippen LogP contribution in [0.1, 0.15) is 64.7 Å². The average molecular weight is 477 g/mol. The first-order valence-electron chi connectivity index (χ1n) is 11.7. The van der Waals surface area contributed by atoms with Crippen molar-refractivity contribution in [3.8, 4) is 0 Å². The monoisotopic (exact) mass is 476 g/mol.